The molecule has 1 aliphatic rings. The quantitative estimate of drug-likeness (QED) is 0.810. The van der Waals surface area contributed by atoms with Crippen LogP contribution in [-0.2, 0) is 6.42 Å². The van der Waals surface area contributed by atoms with Crippen molar-refractivity contribution in [3.63, 3.8) is 0 Å². The molecule has 0 radical (unpaired) electrons. The Kier molecular flexibility index (Phi) is 4.06. The van der Waals surface area contributed by atoms with Crippen molar-refractivity contribution in [1.29, 1.82) is 0 Å². The molecule has 0 heterocycles. The van der Waals surface area contributed by atoms with Gasteiger partial charge in [0, 0.05) is 17.6 Å². The molecule has 0 amide bonds. The van der Waals surface area contributed by atoms with Crippen LogP contribution in [0.1, 0.15) is 21.5 Å². The van der Waals surface area contributed by atoms with Crippen LogP contribution in [0.2, 0.25) is 0 Å². The first kappa shape index (κ1) is 15.2. The summed E-state index contributed by atoms with van der Waals surface area (Å²) in [7, 11) is 4.79. The number of methoxy groups -OCH3 is 3. The third kappa shape index (κ3) is 2.80. The normalized spacial score (nSPS) is 14.7. The molecule has 0 bridgehead atoms. The number of carbonyl (C=O) groups excluding carboxylic acids is 1. The monoisotopic (exact) mass is 310 g/mol. The van der Waals surface area contributed by atoms with Crippen molar-refractivity contribution in [3.8, 4) is 17.2 Å². The summed E-state index contributed by atoms with van der Waals surface area (Å²) in [5, 5.41) is 0. The molecule has 23 heavy (non-hydrogen) atoms. The van der Waals surface area contributed by atoms with Gasteiger partial charge in [0.1, 0.15) is 5.75 Å². The molecule has 3 rings (SSSR count). The van der Waals surface area contributed by atoms with Crippen molar-refractivity contribution in [2.75, 3.05) is 21.3 Å². The first-order chi connectivity index (χ1) is 11.2. The second kappa shape index (κ2) is 6.16. The Hall–Kier alpha value is -2.75. The molecular weight excluding hydrogens is 292 g/mol. The average molecular weight is 310 g/mol. The number of carbonyl (C=O) groups is 1. The Balaban J connectivity index is 1.94. The minimum absolute atomic E-state index is 0.0387. The highest BCUT2D eigenvalue weighted by atomic mass is 16.5. The lowest BCUT2D eigenvalue weighted by Gasteiger charge is -2.08. The van der Waals surface area contributed by atoms with E-state index in [4.69, 9.17) is 14.2 Å². The molecule has 0 saturated heterocycles. The van der Waals surface area contributed by atoms with Gasteiger partial charge in [0.25, 0.3) is 0 Å². The first-order valence-corrected chi connectivity index (χ1v) is 7.30. The molecule has 4 nitrogen and oxygen atoms in total. The number of fused-ring (bicyclic) bond motifs is 1. The third-order valence-electron chi connectivity index (χ3n) is 3.98. The maximum absolute atomic E-state index is 12.6. The Bertz CT molecular complexity index is 773. The van der Waals surface area contributed by atoms with Gasteiger partial charge in [-0.05, 0) is 41.5 Å². The molecule has 118 valence electrons. The molecular formula is C19H18O4. The first-order valence-electron chi connectivity index (χ1n) is 7.30. The third-order valence-corrected chi connectivity index (χ3v) is 3.98. The van der Waals surface area contributed by atoms with Crippen molar-refractivity contribution in [2.24, 2.45) is 0 Å². The van der Waals surface area contributed by atoms with Crippen molar-refractivity contribution in [3.05, 3.63) is 58.7 Å². The lowest BCUT2D eigenvalue weighted by molar-refractivity contribution is 0.104. The average Bonchev–Trinajstić information content (AvgIpc) is 2.89. The standard InChI is InChI=1S/C19H18O4/c1-21-15-6-4-12(5-7-15)8-14-9-13-10-17(22-2)18(23-3)11-16(13)19(14)20/h4-8,10-11H,9H2,1-3H3/b14-8+. The van der Waals surface area contributed by atoms with Gasteiger partial charge in [0.05, 0.1) is 21.3 Å². The highest BCUT2D eigenvalue weighted by Crippen LogP contribution is 2.37. The Labute approximate surface area is 135 Å². The molecule has 0 aliphatic heterocycles. The van der Waals surface area contributed by atoms with Crippen LogP contribution in [0.4, 0.5) is 0 Å². The van der Waals surface area contributed by atoms with Crippen molar-refractivity contribution < 1.29 is 19.0 Å². The van der Waals surface area contributed by atoms with Gasteiger partial charge in [-0.2, -0.15) is 0 Å². The zero-order valence-corrected chi connectivity index (χ0v) is 13.4. The van der Waals surface area contributed by atoms with Gasteiger partial charge in [-0.1, -0.05) is 12.1 Å². The number of Topliss-reactive ketones (excluding diaryl/α,β-unsaturated/α-hetero) is 1. The van der Waals surface area contributed by atoms with Crippen LogP contribution in [0.5, 0.6) is 17.2 Å². The summed E-state index contributed by atoms with van der Waals surface area (Å²) < 4.78 is 15.7. The molecule has 0 fully saturated rings. The van der Waals surface area contributed by atoms with Gasteiger partial charge in [-0.25, -0.2) is 0 Å². The Morgan fingerprint density at radius 3 is 2.17 bits per heavy atom. The number of hydrogen-bond acceptors (Lipinski definition) is 4. The van der Waals surface area contributed by atoms with E-state index >= 15 is 0 Å². The molecule has 0 atom stereocenters. The van der Waals surface area contributed by atoms with Crippen molar-refractivity contribution in [1.82, 2.24) is 0 Å². The largest absolute Gasteiger partial charge is 0.497 e. The summed E-state index contributed by atoms with van der Waals surface area (Å²) in [5.41, 5.74) is 3.39. The number of hydrogen-bond donors (Lipinski definition) is 0. The number of ketones is 1. The van der Waals surface area contributed by atoms with E-state index in [2.05, 4.69) is 0 Å². The fourth-order valence-electron chi connectivity index (χ4n) is 2.76. The van der Waals surface area contributed by atoms with E-state index in [0.717, 1.165) is 22.4 Å². The van der Waals surface area contributed by atoms with Crippen LogP contribution in [0.3, 0.4) is 0 Å². The van der Waals surface area contributed by atoms with Crippen LogP contribution in [-0.4, -0.2) is 27.1 Å². The number of allylic oxidation sites excluding steroid dienone is 1. The van der Waals surface area contributed by atoms with Gasteiger partial charge in [0.15, 0.2) is 17.3 Å². The molecule has 0 aromatic heterocycles. The predicted octanol–water partition coefficient (Wildman–Crippen LogP) is 3.53. The van der Waals surface area contributed by atoms with Crippen LogP contribution in [0, 0.1) is 0 Å². The van der Waals surface area contributed by atoms with E-state index in [1.165, 1.54) is 0 Å². The fraction of sp³-hybridized carbons (Fsp3) is 0.211. The lowest BCUT2D eigenvalue weighted by atomic mass is 10.1. The second-order valence-electron chi connectivity index (χ2n) is 5.31. The molecule has 0 unspecified atom stereocenters. The lowest BCUT2D eigenvalue weighted by Crippen LogP contribution is -1.97. The minimum Gasteiger partial charge on any atom is -0.497 e. The van der Waals surface area contributed by atoms with Crippen LogP contribution in [0.15, 0.2) is 42.0 Å². The smallest absolute Gasteiger partial charge is 0.189 e. The van der Waals surface area contributed by atoms with Crippen LogP contribution < -0.4 is 14.2 Å². The van der Waals surface area contributed by atoms with Gasteiger partial charge in [0.2, 0.25) is 0 Å². The summed E-state index contributed by atoms with van der Waals surface area (Å²) in [6.45, 7) is 0. The highest BCUT2D eigenvalue weighted by molar-refractivity contribution is 6.15. The van der Waals surface area contributed by atoms with Gasteiger partial charge < -0.3 is 14.2 Å². The van der Waals surface area contributed by atoms with E-state index in [9.17, 15) is 4.79 Å². The molecule has 4 heteroatoms. The van der Waals surface area contributed by atoms with Gasteiger partial charge in [-0.3, -0.25) is 4.79 Å². The van der Waals surface area contributed by atoms with E-state index in [-0.39, 0.29) is 5.78 Å². The van der Waals surface area contributed by atoms with Crippen LogP contribution in [0.25, 0.3) is 6.08 Å². The molecule has 0 saturated carbocycles. The molecule has 0 spiro atoms. The summed E-state index contributed by atoms with van der Waals surface area (Å²) in [4.78, 5) is 12.6. The summed E-state index contributed by atoms with van der Waals surface area (Å²) in [6.07, 6.45) is 2.52. The highest BCUT2D eigenvalue weighted by Gasteiger charge is 2.27. The SMILES string of the molecule is COc1ccc(/C=C2\Cc3cc(OC)c(OC)cc3C2=O)cc1. The Morgan fingerprint density at radius 1 is 0.913 bits per heavy atom. The predicted molar refractivity (Wildman–Crippen MR) is 88.6 cm³/mol. The minimum atomic E-state index is 0.0387. The summed E-state index contributed by atoms with van der Waals surface area (Å²) in [6, 6.07) is 11.3. The van der Waals surface area contributed by atoms with Crippen LogP contribution >= 0.6 is 0 Å². The zero-order valence-electron chi connectivity index (χ0n) is 13.4. The summed E-state index contributed by atoms with van der Waals surface area (Å²) >= 11 is 0. The van der Waals surface area contributed by atoms with Gasteiger partial charge in [-0.15, -0.1) is 0 Å². The van der Waals surface area contributed by atoms with E-state index < -0.39 is 0 Å². The van der Waals surface area contributed by atoms with Crippen molar-refractivity contribution >= 4 is 11.9 Å². The fourth-order valence-corrected chi connectivity index (χ4v) is 2.76. The van der Waals surface area contributed by atoms with E-state index in [0.29, 0.717) is 23.5 Å². The van der Waals surface area contributed by atoms with Gasteiger partial charge >= 0.3 is 0 Å². The summed E-state index contributed by atoms with van der Waals surface area (Å²) in [5.74, 6) is 2.05. The zero-order chi connectivity index (χ0) is 16.4. The topological polar surface area (TPSA) is 44.8 Å². The number of rotatable bonds is 4. The number of benzene rings is 2. The van der Waals surface area contributed by atoms with E-state index in [1.54, 1.807) is 27.4 Å². The second-order valence-corrected chi connectivity index (χ2v) is 5.31. The number of ether oxygens (including phenoxy) is 3. The maximum atomic E-state index is 12.6. The molecule has 2 aromatic carbocycles. The Morgan fingerprint density at radius 2 is 1.57 bits per heavy atom. The molecule has 2 aromatic rings. The van der Waals surface area contributed by atoms with E-state index in [1.807, 2.05) is 36.4 Å². The van der Waals surface area contributed by atoms with Crippen molar-refractivity contribution in [2.45, 2.75) is 6.42 Å². The maximum Gasteiger partial charge on any atom is 0.189 e. The molecule has 1 aliphatic carbocycles. The molecule has 0 N–H and O–H groups in total.